The Bertz CT molecular complexity index is 9310. The number of benzene rings is 21. The number of furan rings is 3. The van der Waals surface area contributed by atoms with Crippen LogP contribution in [0.15, 0.2) is 420 Å². The van der Waals surface area contributed by atoms with E-state index in [1.165, 1.54) is 125 Å². The summed E-state index contributed by atoms with van der Waals surface area (Å²) >= 11 is 0. The Morgan fingerprint density at radius 1 is 0.157 bits per heavy atom. The van der Waals surface area contributed by atoms with Crippen molar-refractivity contribution in [3.8, 4) is 102 Å². The predicted octanol–water partition coefficient (Wildman–Crippen LogP) is 34.1. The van der Waals surface area contributed by atoms with Crippen LogP contribution in [-0.2, 0) is 0 Å². The average molecular weight is 1720 g/mol. The van der Waals surface area contributed by atoms with Crippen LogP contribution in [0.25, 0.3) is 264 Å². The first-order valence-corrected chi connectivity index (χ1v) is 45.6. The molecule has 27 aromatic rings. The largest absolute Gasteiger partial charge is 0.456 e. The summed E-state index contributed by atoms with van der Waals surface area (Å²) in [6.07, 6.45) is 0. The summed E-state index contributed by atoms with van der Waals surface area (Å²) in [5, 5.41) is 28.9. The fourth-order valence-electron chi connectivity index (χ4n) is 20.4. The van der Waals surface area contributed by atoms with E-state index in [0.29, 0.717) is 11.6 Å². The minimum atomic E-state index is 0.716. The van der Waals surface area contributed by atoms with Crippen molar-refractivity contribution in [1.29, 1.82) is 0 Å². The molecule has 27 rings (SSSR count). The first kappa shape index (κ1) is 78.8. The molecule has 6 heterocycles. The first-order chi connectivity index (χ1) is 65.9. The molecule has 0 unspecified atom stereocenters. The van der Waals surface area contributed by atoms with Gasteiger partial charge in [0.2, 0.25) is 0 Å². The molecule has 0 saturated heterocycles. The maximum Gasteiger partial charge on any atom is 0.160 e. The third-order valence-electron chi connectivity index (χ3n) is 27.0. The van der Waals surface area contributed by atoms with E-state index in [1.54, 1.807) is 0 Å². The molecule has 9 nitrogen and oxygen atoms in total. The van der Waals surface area contributed by atoms with Crippen molar-refractivity contribution in [3.05, 3.63) is 434 Å². The van der Waals surface area contributed by atoms with Crippen molar-refractivity contribution in [1.82, 2.24) is 29.9 Å². The Balaban J connectivity index is 0.000000107. The third-order valence-corrected chi connectivity index (χ3v) is 27.0. The Morgan fingerprint density at radius 3 is 0.821 bits per heavy atom. The van der Waals surface area contributed by atoms with Crippen molar-refractivity contribution in [2.24, 2.45) is 0 Å². The van der Waals surface area contributed by atoms with Crippen LogP contribution in [0.5, 0.6) is 0 Å². The molecular weight excluding hydrogens is 1630 g/mol. The van der Waals surface area contributed by atoms with Crippen LogP contribution < -0.4 is 0 Å². The normalized spacial score (nSPS) is 11.8. The van der Waals surface area contributed by atoms with Gasteiger partial charge >= 0.3 is 0 Å². The van der Waals surface area contributed by atoms with Crippen LogP contribution in [0.4, 0.5) is 0 Å². The second-order valence-electron chi connectivity index (χ2n) is 35.3. The van der Waals surface area contributed by atoms with E-state index in [4.69, 9.17) is 43.2 Å². The topological polar surface area (TPSA) is 117 Å². The van der Waals surface area contributed by atoms with Crippen molar-refractivity contribution in [3.63, 3.8) is 0 Å². The molecule has 0 fully saturated rings. The van der Waals surface area contributed by atoms with Crippen LogP contribution >= 0.6 is 0 Å². The molecule has 0 atom stereocenters. The zero-order valence-corrected chi connectivity index (χ0v) is 74.1. The molecule has 9 heteroatoms. The molecule has 630 valence electrons. The Kier molecular flexibility index (Phi) is 18.9. The van der Waals surface area contributed by atoms with Crippen molar-refractivity contribution in [2.75, 3.05) is 0 Å². The molecule has 0 aliphatic carbocycles. The highest BCUT2D eigenvalue weighted by atomic mass is 16.3. The summed E-state index contributed by atoms with van der Waals surface area (Å²) in [6.45, 7) is 11.0. The molecule has 0 aliphatic rings. The van der Waals surface area contributed by atoms with Crippen LogP contribution in [0.3, 0.4) is 0 Å². The van der Waals surface area contributed by atoms with Crippen LogP contribution in [0, 0.1) is 34.6 Å². The fourth-order valence-corrected chi connectivity index (χ4v) is 20.4. The van der Waals surface area contributed by atoms with E-state index in [1.807, 2.05) is 121 Å². The van der Waals surface area contributed by atoms with Crippen LogP contribution in [0.1, 0.15) is 27.8 Å². The molecule has 0 spiro atoms. The summed E-state index contributed by atoms with van der Waals surface area (Å²) in [4.78, 5) is 30.5. The molecule has 21 aromatic carbocycles. The Labute approximate surface area is 771 Å². The summed E-state index contributed by atoms with van der Waals surface area (Å²) in [5.74, 6) is 2.16. The molecule has 0 radical (unpaired) electrons. The van der Waals surface area contributed by atoms with E-state index in [2.05, 4.69) is 320 Å². The maximum absolute atomic E-state index is 6.37. The number of para-hydroxylation sites is 3. The first-order valence-electron chi connectivity index (χ1n) is 45.6. The van der Waals surface area contributed by atoms with E-state index >= 15 is 0 Å². The van der Waals surface area contributed by atoms with Gasteiger partial charge in [-0.1, -0.05) is 327 Å². The predicted molar refractivity (Wildman–Crippen MR) is 558 cm³/mol. The van der Waals surface area contributed by atoms with E-state index < -0.39 is 0 Å². The lowest BCUT2D eigenvalue weighted by atomic mass is 9.86. The summed E-state index contributed by atoms with van der Waals surface area (Å²) in [6, 6.07) is 143. The molecule has 0 amide bonds. The van der Waals surface area contributed by atoms with E-state index in [-0.39, 0.29) is 0 Å². The van der Waals surface area contributed by atoms with Crippen LogP contribution in [0.2, 0.25) is 0 Å². The highest BCUT2D eigenvalue weighted by Crippen LogP contribution is 2.49. The minimum absolute atomic E-state index is 0.716. The van der Waals surface area contributed by atoms with Crippen molar-refractivity contribution < 1.29 is 13.3 Å². The lowest BCUT2D eigenvalue weighted by molar-refractivity contribution is 0.669. The third kappa shape index (κ3) is 13.6. The van der Waals surface area contributed by atoms with E-state index in [0.717, 1.165) is 156 Å². The quantitative estimate of drug-likeness (QED) is 0.130. The van der Waals surface area contributed by atoms with Crippen molar-refractivity contribution >= 4 is 163 Å². The van der Waals surface area contributed by atoms with Crippen molar-refractivity contribution in [2.45, 2.75) is 34.6 Å². The molecular formula is C125H82N6O3. The average Bonchev–Trinajstić information content (AvgIpc) is 1.29. The fraction of sp³-hybridized carbons (Fsp3) is 0.0400. The number of hydrogen-bond acceptors (Lipinski definition) is 9. The molecule has 0 N–H and O–H groups in total. The number of aromatic nitrogens is 6. The Morgan fingerprint density at radius 2 is 0.425 bits per heavy atom. The standard InChI is InChI=1S/2C42H28N2O.C41H26N2O/c1-25-21-35-33-23-39-34(30-18-11-12-20-38(30)45-39)22-32(33)29-17-9-10-19-31(29)41(35)26(2)40(25)37-24-36(27-13-5-3-6-14-27)43-42(44-37)28-15-7-4-8-16-28;1-25-19-32-33(20-26(25)2)35-22-37-31-15-9-10-16-40(31)45-41(37)23-36(35)30-18-17-29(21-34(30)32)39-24-38(27-11-5-3-6-12-27)43-42(44-39)28-13-7-4-8-14-28;1-25-16-18-29-32(20-25)33-21-28(17-19-30(33)35-23-40-36(22-34(29)35)31-14-8-9-15-39(31)44-40)38-24-37(26-10-4-2-5-11-26)42-41(43-38)27-12-6-3-7-13-27/h2*3-24H,1-2H3;2-24H,1H3. The highest BCUT2D eigenvalue weighted by Gasteiger charge is 2.25. The van der Waals surface area contributed by atoms with Gasteiger partial charge in [0, 0.05) is 82.4 Å². The second kappa shape index (κ2) is 32.1. The molecule has 0 bridgehead atoms. The number of nitrogens with zero attached hydrogens (tertiary/aromatic N) is 6. The zero-order chi connectivity index (χ0) is 89.3. The van der Waals surface area contributed by atoms with Gasteiger partial charge in [-0.15, -0.1) is 0 Å². The van der Waals surface area contributed by atoms with Gasteiger partial charge in [-0.25, -0.2) is 29.9 Å². The van der Waals surface area contributed by atoms with Gasteiger partial charge in [-0.3, -0.25) is 0 Å². The summed E-state index contributed by atoms with van der Waals surface area (Å²) < 4.78 is 19.0. The van der Waals surface area contributed by atoms with Gasteiger partial charge in [0.25, 0.3) is 0 Å². The number of rotatable bonds is 9. The van der Waals surface area contributed by atoms with E-state index in [9.17, 15) is 0 Å². The molecule has 0 saturated carbocycles. The summed E-state index contributed by atoms with van der Waals surface area (Å²) in [7, 11) is 0. The van der Waals surface area contributed by atoms with Crippen LogP contribution in [-0.4, -0.2) is 29.9 Å². The maximum atomic E-state index is 6.37. The lowest BCUT2D eigenvalue weighted by Crippen LogP contribution is -1.99. The monoisotopic (exact) mass is 1710 g/mol. The molecule has 6 aromatic heterocycles. The number of hydrogen-bond donors (Lipinski definition) is 0. The van der Waals surface area contributed by atoms with Gasteiger partial charge in [-0.2, -0.15) is 0 Å². The minimum Gasteiger partial charge on any atom is -0.456 e. The Hall–Kier alpha value is -17.4. The SMILES string of the molecule is Cc1cc2c3cc(-c4cc(-c5ccccc5)nc(-c5ccccc5)n4)ccc3c3cc4oc5ccccc5c4cc3c2cc1C.Cc1cc2c3cc4oc5ccccc5c4cc3c3ccccc3c2c(C)c1-c1cc(-c2ccccc2)nc(-c2ccccc2)n1.Cc1ccc2c(c1)c1cc(-c3cc(-c4ccccc4)nc(-c4ccccc4)n3)ccc1c1cc3oc4ccccc4c3cc21. The number of aryl methyl sites for hydroxylation is 5. The highest BCUT2D eigenvalue weighted by molar-refractivity contribution is 6.32. The van der Waals surface area contributed by atoms with Gasteiger partial charge < -0.3 is 13.3 Å². The van der Waals surface area contributed by atoms with Gasteiger partial charge in [0.05, 0.1) is 34.2 Å². The smallest absolute Gasteiger partial charge is 0.160 e. The summed E-state index contributed by atoms with van der Waals surface area (Å²) in [5.41, 5.74) is 26.6. The number of fused-ring (bicyclic) bond motifs is 27. The lowest BCUT2D eigenvalue weighted by Gasteiger charge is -2.18. The zero-order valence-electron chi connectivity index (χ0n) is 74.1. The molecule has 0 aliphatic heterocycles. The van der Waals surface area contributed by atoms with Gasteiger partial charge in [0.15, 0.2) is 17.5 Å². The van der Waals surface area contributed by atoms with Gasteiger partial charge in [0.1, 0.15) is 33.5 Å². The van der Waals surface area contributed by atoms with Gasteiger partial charge in [-0.05, 0) is 239 Å². The molecule has 134 heavy (non-hydrogen) atoms. The second-order valence-corrected chi connectivity index (χ2v) is 35.3.